The van der Waals surface area contributed by atoms with E-state index in [1.165, 1.54) is 6.26 Å². The molecule has 0 spiro atoms. The lowest BCUT2D eigenvalue weighted by Gasteiger charge is -2.25. The minimum absolute atomic E-state index is 0.134. The molecule has 1 saturated heterocycles. The van der Waals surface area contributed by atoms with Crippen molar-refractivity contribution in [3.8, 4) is 0 Å². The second-order valence-electron chi connectivity index (χ2n) is 5.27. The first-order valence-electron chi connectivity index (χ1n) is 7.36. The van der Waals surface area contributed by atoms with Crippen LogP contribution in [0.2, 0.25) is 0 Å². The van der Waals surface area contributed by atoms with Gasteiger partial charge in [0.25, 0.3) is 5.91 Å². The van der Waals surface area contributed by atoms with Gasteiger partial charge in [0.05, 0.1) is 19.3 Å². The predicted molar refractivity (Wildman–Crippen MR) is 80.3 cm³/mol. The molecular weight excluding hydrogens is 282 g/mol. The van der Waals surface area contributed by atoms with Gasteiger partial charge in [-0.1, -0.05) is 30.3 Å². The fourth-order valence-corrected chi connectivity index (χ4v) is 2.44. The van der Waals surface area contributed by atoms with Crippen molar-refractivity contribution in [1.82, 2.24) is 9.88 Å². The van der Waals surface area contributed by atoms with Crippen LogP contribution in [0.3, 0.4) is 0 Å². The number of morpholine rings is 1. The zero-order valence-corrected chi connectivity index (χ0v) is 12.3. The summed E-state index contributed by atoms with van der Waals surface area (Å²) in [5.41, 5.74) is 7.53. The molecule has 1 fully saturated rings. The number of ether oxygens (including phenoxy) is 1. The quantitative estimate of drug-likeness (QED) is 0.923. The molecule has 2 N–H and O–H groups in total. The van der Waals surface area contributed by atoms with Crippen molar-refractivity contribution in [1.29, 1.82) is 0 Å². The molecule has 2 heterocycles. The molecule has 0 radical (unpaired) electrons. The lowest BCUT2D eigenvalue weighted by atomic mass is 10.1. The molecule has 0 aliphatic carbocycles. The van der Waals surface area contributed by atoms with Gasteiger partial charge in [0.2, 0.25) is 5.89 Å². The fourth-order valence-electron chi connectivity index (χ4n) is 2.44. The third-order valence-corrected chi connectivity index (χ3v) is 3.66. The summed E-state index contributed by atoms with van der Waals surface area (Å²) < 4.78 is 10.6. The highest BCUT2D eigenvalue weighted by Gasteiger charge is 2.23. The topological polar surface area (TPSA) is 81.6 Å². The van der Waals surface area contributed by atoms with Gasteiger partial charge in [-0.25, -0.2) is 4.98 Å². The van der Waals surface area contributed by atoms with Crippen molar-refractivity contribution in [3.05, 3.63) is 53.7 Å². The molecule has 6 nitrogen and oxygen atoms in total. The molecule has 3 rings (SSSR count). The predicted octanol–water partition coefficient (Wildman–Crippen LogP) is 1.39. The van der Waals surface area contributed by atoms with Crippen molar-refractivity contribution in [2.24, 2.45) is 5.73 Å². The first kappa shape index (κ1) is 14.7. The van der Waals surface area contributed by atoms with Gasteiger partial charge in [0.1, 0.15) is 6.26 Å². The summed E-state index contributed by atoms with van der Waals surface area (Å²) in [4.78, 5) is 18.3. The Morgan fingerprint density at radius 3 is 2.73 bits per heavy atom. The van der Waals surface area contributed by atoms with Crippen molar-refractivity contribution in [3.63, 3.8) is 0 Å². The Labute approximate surface area is 128 Å². The van der Waals surface area contributed by atoms with E-state index in [2.05, 4.69) is 4.98 Å². The Morgan fingerprint density at radius 2 is 2.00 bits per heavy atom. The molecule has 116 valence electrons. The van der Waals surface area contributed by atoms with E-state index in [0.29, 0.717) is 44.3 Å². The van der Waals surface area contributed by atoms with Crippen molar-refractivity contribution in [2.45, 2.75) is 12.5 Å². The van der Waals surface area contributed by atoms with E-state index in [4.69, 9.17) is 14.9 Å². The molecule has 0 saturated carbocycles. The maximum Gasteiger partial charge on any atom is 0.275 e. The standard InChI is InChI=1S/C16H19N3O3/c17-13(10-12-4-2-1-3-5-12)15-18-14(11-22-15)16(20)19-6-8-21-9-7-19/h1-5,11,13H,6-10,17H2. The van der Waals surface area contributed by atoms with Crippen molar-refractivity contribution < 1.29 is 13.9 Å². The number of aromatic nitrogens is 1. The summed E-state index contributed by atoms with van der Waals surface area (Å²) in [6, 6.07) is 9.52. The van der Waals surface area contributed by atoms with E-state index in [-0.39, 0.29) is 11.9 Å². The van der Waals surface area contributed by atoms with Crippen LogP contribution in [0.25, 0.3) is 0 Å². The summed E-state index contributed by atoms with van der Waals surface area (Å²) in [5, 5.41) is 0. The highest BCUT2D eigenvalue weighted by molar-refractivity contribution is 5.92. The van der Waals surface area contributed by atoms with Crippen molar-refractivity contribution >= 4 is 5.91 Å². The normalized spacial score (nSPS) is 16.5. The zero-order valence-electron chi connectivity index (χ0n) is 12.3. The number of benzene rings is 1. The Morgan fingerprint density at radius 1 is 1.27 bits per heavy atom. The van der Waals surface area contributed by atoms with Crippen LogP contribution in [-0.4, -0.2) is 42.1 Å². The average Bonchev–Trinajstić information content (AvgIpc) is 3.06. The molecule has 1 unspecified atom stereocenters. The minimum atomic E-state index is -0.367. The number of rotatable bonds is 4. The van der Waals surface area contributed by atoms with Crippen LogP contribution < -0.4 is 5.73 Å². The maximum atomic E-state index is 12.3. The Bertz CT molecular complexity index is 621. The lowest BCUT2D eigenvalue weighted by Crippen LogP contribution is -2.40. The van der Waals surface area contributed by atoms with Crippen LogP contribution in [0.4, 0.5) is 0 Å². The van der Waals surface area contributed by atoms with Crippen LogP contribution >= 0.6 is 0 Å². The van der Waals surface area contributed by atoms with E-state index in [0.717, 1.165) is 5.56 Å². The van der Waals surface area contributed by atoms with E-state index in [9.17, 15) is 4.79 Å². The molecule has 1 atom stereocenters. The van der Waals surface area contributed by atoms with E-state index < -0.39 is 0 Å². The number of carbonyl (C=O) groups is 1. The van der Waals surface area contributed by atoms with E-state index >= 15 is 0 Å². The third-order valence-electron chi connectivity index (χ3n) is 3.66. The highest BCUT2D eigenvalue weighted by Crippen LogP contribution is 2.16. The minimum Gasteiger partial charge on any atom is -0.446 e. The Balaban J connectivity index is 1.66. The molecule has 1 aliphatic heterocycles. The fraction of sp³-hybridized carbons (Fsp3) is 0.375. The first-order chi connectivity index (χ1) is 10.7. The first-order valence-corrected chi connectivity index (χ1v) is 7.36. The number of carbonyl (C=O) groups excluding carboxylic acids is 1. The molecule has 1 amide bonds. The molecule has 0 bridgehead atoms. The van der Waals surface area contributed by atoms with Crippen LogP contribution in [0, 0.1) is 0 Å². The van der Waals surface area contributed by atoms with Gasteiger partial charge < -0.3 is 19.8 Å². The Hall–Kier alpha value is -2.18. The van der Waals surface area contributed by atoms with Crippen LogP contribution in [0.1, 0.15) is 28.0 Å². The molecule has 2 aromatic rings. The third kappa shape index (κ3) is 3.35. The Kier molecular flexibility index (Phi) is 4.50. The average molecular weight is 301 g/mol. The number of nitrogens with zero attached hydrogens (tertiary/aromatic N) is 2. The van der Waals surface area contributed by atoms with Crippen molar-refractivity contribution in [2.75, 3.05) is 26.3 Å². The summed E-state index contributed by atoms with van der Waals surface area (Å²) in [5.74, 6) is 0.255. The highest BCUT2D eigenvalue weighted by atomic mass is 16.5. The number of amides is 1. The van der Waals surface area contributed by atoms with Gasteiger partial charge in [-0.3, -0.25) is 4.79 Å². The van der Waals surface area contributed by atoms with Gasteiger partial charge in [-0.05, 0) is 12.0 Å². The van der Waals surface area contributed by atoms with Gasteiger partial charge in [-0.15, -0.1) is 0 Å². The summed E-state index contributed by atoms with van der Waals surface area (Å²) in [7, 11) is 0. The van der Waals surface area contributed by atoms with E-state index in [1.807, 2.05) is 30.3 Å². The summed E-state index contributed by atoms with van der Waals surface area (Å²) in [6.07, 6.45) is 2.00. The number of hydrogen-bond donors (Lipinski definition) is 1. The zero-order chi connectivity index (χ0) is 15.4. The number of hydrogen-bond acceptors (Lipinski definition) is 5. The van der Waals surface area contributed by atoms with Crippen LogP contribution in [0.5, 0.6) is 0 Å². The molecule has 1 aromatic carbocycles. The number of nitrogens with two attached hydrogens (primary N) is 1. The smallest absolute Gasteiger partial charge is 0.275 e. The van der Waals surface area contributed by atoms with Gasteiger partial charge in [-0.2, -0.15) is 0 Å². The summed E-state index contributed by atoms with van der Waals surface area (Å²) in [6.45, 7) is 2.28. The van der Waals surface area contributed by atoms with E-state index in [1.54, 1.807) is 4.90 Å². The van der Waals surface area contributed by atoms with Crippen LogP contribution in [0.15, 0.2) is 41.0 Å². The second kappa shape index (κ2) is 6.72. The van der Waals surface area contributed by atoms with Crippen LogP contribution in [-0.2, 0) is 11.2 Å². The largest absolute Gasteiger partial charge is 0.446 e. The SMILES string of the molecule is NC(Cc1ccccc1)c1nc(C(=O)N2CCOCC2)co1. The summed E-state index contributed by atoms with van der Waals surface area (Å²) >= 11 is 0. The maximum absolute atomic E-state index is 12.3. The van der Waals surface area contributed by atoms with Gasteiger partial charge in [0, 0.05) is 13.1 Å². The number of oxazole rings is 1. The van der Waals surface area contributed by atoms with Gasteiger partial charge in [0.15, 0.2) is 5.69 Å². The lowest BCUT2D eigenvalue weighted by molar-refractivity contribution is 0.0299. The molecular formula is C16H19N3O3. The molecule has 6 heteroatoms. The molecule has 1 aromatic heterocycles. The molecule has 22 heavy (non-hydrogen) atoms. The molecule has 1 aliphatic rings. The van der Waals surface area contributed by atoms with Gasteiger partial charge >= 0.3 is 0 Å². The monoisotopic (exact) mass is 301 g/mol. The second-order valence-corrected chi connectivity index (χ2v) is 5.27.